The molecule has 0 aliphatic carbocycles. The molecule has 0 radical (unpaired) electrons. The number of ether oxygens (including phenoxy) is 2. The van der Waals surface area contributed by atoms with Gasteiger partial charge in [-0.05, 0) is 60.9 Å². The highest BCUT2D eigenvalue weighted by Gasteiger charge is 2.28. The summed E-state index contributed by atoms with van der Waals surface area (Å²) >= 11 is 0. The minimum absolute atomic E-state index is 0.112. The average Bonchev–Trinajstić information content (AvgIpc) is 3.02. The van der Waals surface area contributed by atoms with Crippen LogP contribution in [-0.2, 0) is 9.53 Å². The Balaban J connectivity index is 1.20. The molecule has 2 saturated heterocycles. The highest BCUT2D eigenvalue weighted by atomic mass is 16.5. The van der Waals surface area contributed by atoms with Gasteiger partial charge in [-0.25, -0.2) is 9.97 Å². The SMILES string of the molecule is CC(C)C[C@H](O)C(=O)N1CCC(Oc2ccc(-c3ccnc(Nc4ccc(N5CCOCC5)cc4)n3)cc2C#N)CC1. The number of amides is 1. The molecule has 2 aliphatic rings. The zero-order chi connectivity index (χ0) is 29.5. The largest absolute Gasteiger partial charge is 0.489 e. The second-order valence-corrected chi connectivity index (χ2v) is 11.1. The molecule has 3 aromatic rings. The van der Waals surface area contributed by atoms with Gasteiger partial charge in [0.15, 0.2) is 0 Å². The van der Waals surface area contributed by atoms with E-state index in [0.717, 1.165) is 43.2 Å². The number of nitrogens with one attached hydrogen (secondary N) is 1. The maximum Gasteiger partial charge on any atom is 0.251 e. The number of aromatic nitrogens is 2. The van der Waals surface area contributed by atoms with Crippen molar-refractivity contribution in [1.29, 1.82) is 5.26 Å². The van der Waals surface area contributed by atoms with E-state index in [0.29, 0.717) is 55.3 Å². The molecule has 10 heteroatoms. The number of hydrogen-bond donors (Lipinski definition) is 2. The van der Waals surface area contributed by atoms with Gasteiger partial charge in [0, 0.05) is 62.2 Å². The average molecular weight is 571 g/mol. The molecule has 42 heavy (non-hydrogen) atoms. The number of carbonyl (C=O) groups excluding carboxylic acids is 1. The number of piperidine rings is 1. The molecule has 0 unspecified atom stereocenters. The Kier molecular flexibility index (Phi) is 9.52. The molecule has 2 N–H and O–H groups in total. The van der Waals surface area contributed by atoms with E-state index in [9.17, 15) is 15.2 Å². The first-order valence-electron chi connectivity index (χ1n) is 14.6. The van der Waals surface area contributed by atoms with Crippen LogP contribution in [0.3, 0.4) is 0 Å². The normalized spacial score (nSPS) is 16.6. The van der Waals surface area contributed by atoms with Gasteiger partial charge < -0.3 is 29.7 Å². The zero-order valence-electron chi connectivity index (χ0n) is 24.2. The van der Waals surface area contributed by atoms with Gasteiger partial charge in [0.1, 0.15) is 24.0 Å². The summed E-state index contributed by atoms with van der Waals surface area (Å²) in [6, 6.07) is 17.7. The summed E-state index contributed by atoms with van der Waals surface area (Å²) < 4.78 is 11.6. The molecular weight excluding hydrogens is 532 g/mol. The molecule has 0 saturated carbocycles. The number of carbonyl (C=O) groups is 1. The first-order chi connectivity index (χ1) is 20.4. The van der Waals surface area contributed by atoms with Gasteiger partial charge in [0.25, 0.3) is 5.91 Å². The van der Waals surface area contributed by atoms with Gasteiger partial charge in [-0.1, -0.05) is 13.8 Å². The summed E-state index contributed by atoms with van der Waals surface area (Å²) in [5.41, 5.74) is 3.93. The Labute approximate surface area is 246 Å². The van der Waals surface area contributed by atoms with E-state index >= 15 is 0 Å². The molecule has 5 rings (SSSR count). The number of anilines is 3. The van der Waals surface area contributed by atoms with Crippen molar-refractivity contribution in [2.45, 2.75) is 45.3 Å². The molecule has 2 aromatic carbocycles. The summed E-state index contributed by atoms with van der Waals surface area (Å²) in [4.78, 5) is 25.6. The van der Waals surface area contributed by atoms with E-state index in [1.807, 2.05) is 38.1 Å². The minimum atomic E-state index is -0.960. The molecule has 1 atom stereocenters. The van der Waals surface area contributed by atoms with E-state index in [4.69, 9.17) is 9.47 Å². The Morgan fingerprint density at radius 2 is 1.86 bits per heavy atom. The standard InChI is InChI=1S/C32H38N6O4/c1-22(2)19-29(39)31(40)38-13-10-27(11-14-38)42-30-8-3-23(20-24(30)21-33)28-9-12-34-32(36-28)35-25-4-6-26(7-5-25)37-15-17-41-18-16-37/h3-9,12,20,22,27,29,39H,10-11,13-19H2,1-2H3,(H,34,35,36)/t29-/m0/s1. The van der Waals surface area contributed by atoms with Crippen molar-refractivity contribution in [3.8, 4) is 23.1 Å². The summed E-state index contributed by atoms with van der Waals surface area (Å²) in [6.45, 7) is 8.27. The Bertz CT molecular complexity index is 1390. The van der Waals surface area contributed by atoms with Gasteiger partial charge in [-0.15, -0.1) is 0 Å². The number of likely N-dealkylation sites (tertiary alicyclic amines) is 1. The Morgan fingerprint density at radius 1 is 1.12 bits per heavy atom. The Hall–Kier alpha value is -4.20. The highest BCUT2D eigenvalue weighted by molar-refractivity contribution is 5.80. The van der Waals surface area contributed by atoms with E-state index in [-0.39, 0.29) is 17.9 Å². The number of aliphatic hydroxyl groups excluding tert-OH is 1. The number of morpholine rings is 1. The lowest BCUT2D eigenvalue weighted by Crippen LogP contribution is -2.46. The van der Waals surface area contributed by atoms with Crippen LogP contribution in [0, 0.1) is 17.2 Å². The fourth-order valence-corrected chi connectivity index (χ4v) is 5.30. The quantitative estimate of drug-likeness (QED) is 0.386. The molecule has 220 valence electrons. The lowest BCUT2D eigenvalue weighted by Gasteiger charge is -2.33. The minimum Gasteiger partial charge on any atom is -0.489 e. The topological polar surface area (TPSA) is 124 Å². The third-order valence-electron chi connectivity index (χ3n) is 7.58. The van der Waals surface area contributed by atoms with E-state index in [2.05, 4.69) is 38.4 Å². The summed E-state index contributed by atoms with van der Waals surface area (Å²) in [5, 5.41) is 23.3. The molecule has 2 fully saturated rings. The number of aliphatic hydroxyl groups is 1. The lowest BCUT2D eigenvalue weighted by molar-refractivity contribution is -0.142. The predicted octanol–water partition coefficient (Wildman–Crippen LogP) is 4.37. The van der Waals surface area contributed by atoms with Crippen LogP contribution in [0.2, 0.25) is 0 Å². The van der Waals surface area contributed by atoms with Crippen LogP contribution in [-0.4, -0.2) is 77.5 Å². The van der Waals surface area contributed by atoms with Crippen molar-refractivity contribution in [3.05, 3.63) is 60.3 Å². The molecule has 1 amide bonds. The van der Waals surface area contributed by atoms with Crippen molar-refractivity contribution in [1.82, 2.24) is 14.9 Å². The molecule has 3 heterocycles. The maximum absolute atomic E-state index is 12.5. The maximum atomic E-state index is 12.5. The first-order valence-corrected chi connectivity index (χ1v) is 14.6. The van der Waals surface area contributed by atoms with Crippen LogP contribution in [0.5, 0.6) is 5.75 Å². The Morgan fingerprint density at radius 3 is 2.55 bits per heavy atom. The fraction of sp³-hybridized carbons (Fsp3) is 0.438. The number of nitriles is 1. The van der Waals surface area contributed by atoms with Crippen LogP contribution in [0.25, 0.3) is 11.3 Å². The monoisotopic (exact) mass is 570 g/mol. The van der Waals surface area contributed by atoms with Gasteiger partial charge in [-0.3, -0.25) is 4.79 Å². The van der Waals surface area contributed by atoms with Crippen molar-refractivity contribution in [3.63, 3.8) is 0 Å². The number of rotatable bonds is 9. The van der Waals surface area contributed by atoms with Gasteiger partial charge in [0.2, 0.25) is 5.95 Å². The smallest absolute Gasteiger partial charge is 0.251 e. The second-order valence-electron chi connectivity index (χ2n) is 11.1. The molecule has 0 spiro atoms. The number of benzene rings is 2. The molecule has 0 bridgehead atoms. The summed E-state index contributed by atoms with van der Waals surface area (Å²) in [6.07, 6.45) is 2.36. The van der Waals surface area contributed by atoms with E-state index in [1.165, 1.54) is 0 Å². The summed E-state index contributed by atoms with van der Waals surface area (Å²) in [5.74, 6) is 1.01. The number of nitrogens with zero attached hydrogens (tertiary/aromatic N) is 5. The van der Waals surface area contributed by atoms with Gasteiger partial charge in [0.05, 0.1) is 24.5 Å². The number of hydrogen-bond acceptors (Lipinski definition) is 9. The van der Waals surface area contributed by atoms with Crippen LogP contribution in [0.1, 0.15) is 38.7 Å². The van der Waals surface area contributed by atoms with Crippen LogP contribution in [0.15, 0.2) is 54.7 Å². The van der Waals surface area contributed by atoms with Crippen molar-refractivity contribution in [2.24, 2.45) is 5.92 Å². The molecule has 2 aliphatic heterocycles. The first kappa shape index (κ1) is 29.3. The fourth-order valence-electron chi connectivity index (χ4n) is 5.30. The molecule has 10 nitrogen and oxygen atoms in total. The van der Waals surface area contributed by atoms with E-state index in [1.54, 1.807) is 23.2 Å². The van der Waals surface area contributed by atoms with Crippen LogP contribution in [0.4, 0.5) is 17.3 Å². The lowest BCUT2D eigenvalue weighted by atomic mass is 10.0. The highest BCUT2D eigenvalue weighted by Crippen LogP contribution is 2.29. The molecular formula is C32H38N6O4. The van der Waals surface area contributed by atoms with Crippen LogP contribution >= 0.6 is 0 Å². The predicted molar refractivity (Wildman–Crippen MR) is 161 cm³/mol. The van der Waals surface area contributed by atoms with Crippen molar-refractivity contribution < 1.29 is 19.4 Å². The van der Waals surface area contributed by atoms with Gasteiger partial charge in [-0.2, -0.15) is 5.26 Å². The zero-order valence-corrected chi connectivity index (χ0v) is 24.2. The van der Waals surface area contributed by atoms with Gasteiger partial charge >= 0.3 is 0 Å². The van der Waals surface area contributed by atoms with Crippen LogP contribution < -0.4 is 15.0 Å². The second kappa shape index (κ2) is 13.6. The third-order valence-corrected chi connectivity index (χ3v) is 7.58. The van der Waals surface area contributed by atoms with Crippen molar-refractivity contribution in [2.75, 3.05) is 49.6 Å². The van der Waals surface area contributed by atoms with E-state index < -0.39 is 6.10 Å². The van der Waals surface area contributed by atoms with Crippen molar-refractivity contribution >= 4 is 23.2 Å². The molecule has 1 aromatic heterocycles. The summed E-state index contributed by atoms with van der Waals surface area (Å²) in [7, 11) is 0. The third kappa shape index (κ3) is 7.35.